The lowest BCUT2D eigenvalue weighted by Gasteiger charge is -2.14. The molecule has 35 heavy (non-hydrogen) atoms. The lowest BCUT2D eigenvalue weighted by Crippen LogP contribution is -2.14. The van der Waals surface area contributed by atoms with Crippen molar-refractivity contribution in [3.63, 3.8) is 0 Å². The zero-order valence-electron chi connectivity index (χ0n) is 19.1. The van der Waals surface area contributed by atoms with Crippen molar-refractivity contribution in [2.45, 2.75) is 18.2 Å². The van der Waals surface area contributed by atoms with Crippen LogP contribution in [0.5, 0.6) is 11.5 Å². The van der Waals surface area contributed by atoms with Crippen LogP contribution < -0.4 is 10.1 Å². The Morgan fingerprint density at radius 1 is 1.00 bits per heavy atom. The SMILES string of the molecule is CCSc1ccc(CC(=O)Nc2ccc(-c3cccc(Cl)c3)c(Oc3cccc(C#N)c3)c2)cc1. The maximum atomic E-state index is 12.7. The highest BCUT2D eigenvalue weighted by atomic mass is 35.5. The van der Waals surface area contributed by atoms with Crippen LogP contribution >= 0.6 is 23.4 Å². The van der Waals surface area contributed by atoms with Crippen molar-refractivity contribution in [1.82, 2.24) is 0 Å². The molecule has 0 aromatic heterocycles. The smallest absolute Gasteiger partial charge is 0.228 e. The molecule has 4 rings (SSSR count). The molecular weight excluding hydrogens is 476 g/mol. The summed E-state index contributed by atoms with van der Waals surface area (Å²) in [4.78, 5) is 13.9. The minimum absolute atomic E-state index is 0.117. The molecule has 0 spiro atoms. The fraction of sp³-hybridized carbons (Fsp3) is 0.103. The first kappa shape index (κ1) is 24.4. The minimum Gasteiger partial charge on any atom is -0.457 e. The quantitative estimate of drug-likeness (QED) is 0.250. The lowest BCUT2D eigenvalue weighted by molar-refractivity contribution is -0.115. The molecule has 6 heteroatoms. The van der Waals surface area contributed by atoms with Gasteiger partial charge in [-0.2, -0.15) is 5.26 Å². The minimum atomic E-state index is -0.117. The molecular formula is C29H23ClN2O2S. The number of ether oxygens (including phenoxy) is 1. The number of nitrogens with one attached hydrogen (secondary N) is 1. The molecule has 0 aliphatic heterocycles. The Morgan fingerprint density at radius 3 is 2.54 bits per heavy atom. The fourth-order valence-corrected chi connectivity index (χ4v) is 4.45. The summed E-state index contributed by atoms with van der Waals surface area (Å²) < 4.78 is 6.18. The second-order valence-electron chi connectivity index (χ2n) is 7.76. The van der Waals surface area contributed by atoms with Crippen LogP contribution in [0.2, 0.25) is 5.02 Å². The van der Waals surface area contributed by atoms with Gasteiger partial charge in [0, 0.05) is 27.2 Å². The number of nitrogens with zero attached hydrogens (tertiary/aromatic N) is 1. The molecule has 0 saturated carbocycles. The van der Waals surface area contributed by atoms with Gasteiger partial charge in [-0.15, -0.1) is 11.8 Å². The summed E-state index contributed by atoms with van der Waals surface area (Å²) in [6.07, 6.45) is 0.271. The van der Waals surface area contributed by atoms with Gasteiger partial charge in [-0.05, 0) is 71.5 Å². The van der Waals surface area contributed by atoms with Gasteiger partial charge in [0.2, 0.25) is 5.91 Å². The van der Waals surface area contributed by atoms with Crippen LogP contribution in [-0.4, -0.2) is 11.7 Å². The van der Waals surface area contributed by atoms with Crippen molar-refractivity contribution in [2.24, 2.45) is 0 Å². The molecule has 174 valence electrons. The topological polar surface area (TPSA) is 62.1 Å². The number of halogens is 1. The Labute approximate surface area is 214 Å². The molecule has 0 atom stereocenters. The summed E-state index contributed by atoms with van der Waals surface area (Å²) >= 11 is 7.99. The van der Waals surface area contributed by atoms with Crippen LogP contribution in [0.25, 0.3) is 11.1 Å². The van der Waals surface area contributed by atoms with Gasteiger partial charge in [-0.3, -0.25) is 4.79 Å². The van der Waals surface area contributed by atoms with Crippen LogP contribution in [-0.2, 0) is 11.2 Å². The summed E-state index contributed by atoms with van der Waals surface area (Å²) in [5.41, 5.74) is 3.76. The van der Waals surface area contributed by atoms with E-state index in [0.717, 1.165) is 22.4 Å². The van der Waals surface area contributed by atoms with Crippen LogP contribution in [0.1, 0.15) is 18.1 Å². The Morgan fingerprint density at radius 2 is 1.80 bits per heavy atom. The number of hydrogen-bond donors (Lipinski definition) is 1. The molecule has 0 unspecified atom stereocenters. The molecule has 4 aromatic carbocycles. The number of benzene rings is 4. The number of hydrogen-bond acceptors (Lipinski definition) is 4. The third-order valence-electron chi connectivity index (χ3n) is 5.19. The second-order valence-corrected chi connectivity index (χ2v) is 9.54. The van der Waals surface area contributed by atoms with E-state index in [0.29, 0.717) is 27.8 Å². The van der Waals surface area contributed by atoms with Crippen molar-refractivity contribution in [2.75, 3.05) is 11.1 Å². The van der Waals surface area contributed by atoms with Crippen LogP contribution in [0.15, 0.2) is 95.9 Å². The Hall–Kier alpha value is -3.72. The van der Waals surface area contributed by atoms with E-state index in [-0.39, 0.29) is 12.3 Å². The van der Waals surface area contributed by atoms with Crippen molar-refractivity contribution < 1.29 is 9.53 Å². The zero-order chi connectivity index (χ0) is 24.6. The number of thioether (sulfide) groups is 1. The molecule has 0 bridgehead atoms. The first-order valence-electron chi connectivity index (χ1n) is 11.1. The first-order chi connectivity index (χ1) is 17.0. The number of carbonyl (C=O) groups excluding carboxylic acids is 1. The predicted molar refractivity (Wildman–Crippen MR) is 143 cm³/mol. The van der Waals surface area contributed by atoms with Gasteiger partial charge in [0.25, 0.3) is 0 Å². The summed E-state index contributed by atoms with van der Waals surface area (Å²) in [7, 11) is 0. The van der Waals surface area contributed by atoms with Gasteiger partial charge in [-0.1, -0.05) is 48.9 Å². The van der Waals surface area contributed by atoms with Crippen molar-refractivity contribution in [1.29, 1.82) is 5.26 Å². The van der Waals surface area contributed by atoms with Crippen LogP contribution in [0.4, 0.5) is 5.69 Å². The van der Waals surface area contributed by atoms with E-state index in [1.54, 1.807) is 42.1 Å². The molecule has 0 heterocycles. The summed E-state index contributed by atoms with van der Waals surface area (Å²) in [5.74, 6) is 1.96. The molecule has 1 amide bonds. The average molecular weight is 499 g/mol. The van der Waals surface area contributed by atoms with E-state index in [9.17, 15) is 10.1 Å². The second kappa shape index (κ2) is 11.6. The van der Waals surface area contributed by atoms with E-state index >= 15 is 0 Å². The van der Waals surface area contributed by atoms with E-state index in [1.165, 1.54) is 4.90 Å². The van der Waals surface area contributed by atoms with Crippen molar-refractivity contribution in [3.05, 3.63) is 107 Å². The third kappa shape index (κ3) is 6.66. The molecule has 0 aliphatic rings. The maximum Gasteiger partial charge on any atom is 0.228 e. The Bertz CT molecular complexity index is 1380. The number of carbonyl (C=O) groups is 1. The molecule has 0 radical (unpaired) electrons. The molecule has 0 aliphatic carbocycles. The standard InChI is InChI=1S/C29H23ClN2O2S/c1-2-35-26-12-9-20(10-13-26)16-29(33)32-24-11-14-27(22-6-4-7-23(30)17-22)28(18-24)34-25-8-3-5-21(15-25)19-31/h3-15,17-18H,2,16H2,1H3,(H,32,33). The molecule has 4 nitrogen and oxygen atoms in total. The highest BCUT2D eigenvalue weighted by Gasteiger charge is 2.12. The van der Waals surface area contributed by atoms with E-state index in [2.05, 4.69) is 18.3 Å². The highest BCUT2D eigenvalue weighted by molar-refractivity contribution is 7.99. The van der Waals surface area contributed by atoms with Crippen LogP contribution in [0.3, 0.4) is 0 Å². The average Bonchev–Trinajstić information content (AvgIpc) is 2.86. The molecule has 0 fully saturated rings. The Kier molecular flexibility index (Phi) is 8.10. The summed E-state index contributed by atoms with van der Waals surface area (Å²) in [6, 6.07) is 30.1. The maximum absolute atomic E-state index is 12.7. The fourth-order valence-electron chi connectivity index (χ4n) is 3.60. The van der Waals surface area contributed by atoms with Gasteiger partial charge < -0.3 is 10.1 Å². The number of rotatable bonds is 8. The summed E-state index contributed by atoms with van der Waals surface area (Å²) in [6.45, 7) is 2.11. The van der Waals surface area contributed by atoms with E-state index in [4.69, 9.17) is 16.3 Å². The van der Waals surface area contributed by atoms with E-state index < -0.39 is 0 Å². The van der Waals surface area contributed by atoms with Crippen molar-refractivity contribution in [3.8, 4) is 28.7 Å². The summed E-state index contributed by atoms with van der Waals surface area (Å²) in [5, 5.41) is 12.8. The molecule has 0 saturated heterocycles. The molecule has 1 N–H and O–H groups in total. The zero-order valence-corrected chi connectivity index (χ0v) is 20.7. The first-order valence-corrected chi connectivity index (χ1v) is 12.5. The predicted octanol–water partition coefficient (Wildman–Crippen LogP) is 7.96. The monoisotopic (exact) mass is 498 g/mol. The van der Waals surface area contributed by atoms with Crippen molar-refractivity contribution >= 4 is 35.0 Å². The van der Waals surface area contributed by atoms with E-state index in [1.807, 2.05) is 60.7 Å². The van der Waals surface area contributed by atoms with Gasteiger partial charge in [0.1, 0.15) is 11.5 Å². The van der Waals surface area contributed by atoms with Gasteiger partial charge in [-0.25, -0.2) is 0 Å². The third-order valence-corrected chi connectivity index (χ3v) is 6.32. The Balaban J connectivity index is 1.58. The number of nitriles is 1. The number of anilines is 1. The molecule has 4 aromatic rings. The van der Waals surface area contributed by atoms with Gasteiger partial charge in [0.15, 0.2) is 0 Å². The number of amides is 1. The van der Waals surface area contributed by atoms with Gasteiger partial charge >= 0.3 is 0 Å². The van der Waals surface area contributed by atoms with Crippen LogP contribution in [0, 0.1) is 11.3 Å². The largest absolute Gasteiger partial charge is 0.457 e. The highest BCUT2D eigenvalue weighted by Crippen LogP contribution is 2.37. The van der Waals surface area contributed by atoms with Gasteiger partial charge in [0.05, 0.1) is 18.1 Å². The lowest BCUT2D eigenvalue weighted by atomic mass is 10.0. The normalized spacial score (nSPS) is 10.4.